The molecule has 12 heavy (non-hydrogen) atoms. The van der Waals surface area contributed by atoms with E-state index in [-0.39, 0.29) is 0 Å². The van der Waals surface area contributed by atoms with Gasteiger partial charge in [-0.05, 0) is 25.9 Å². The highest BCUT2D eigenvalue weighted by Gasteiger charge is 2.17. The molecule has 0 saturated carbocycles. The van der Waals surface area contributed by atoms with Crippen molar-refractivity contribution in [3.63, 3.8) is 0 Å². The average Bonchev–Trinajstić information content (AvgIpc) is 2.54. The van der Waals surface area contributed by atoms with E-state index in [0.29, 0.717) is 5.92 Å². The Balaban J connectivity index is 2.08. The van der Waals surface area contributed by atoms with Gasteiger partial charge in [0, 0.05) is 12.8 Å². The van der Waals surface area contributed by atoms with Crippen LogP contribution in [0.1, 0.15) is 30.3 Å². The molecule has 1 aromatic heterocycles. The van der Waals surface area contributed by atoms with Gasteiger partial charge in [0.15, 0.2) is 5.89 Å². The first kappa shape index (κ1) is 7.80. The summed E-state index contributed by atoms with van der Waals surface area (Å²) < 4.78 is 5.19. The van der Waals surface area contributed by atoms with Crippen LogP contribution in [0.2, 0.25) is 0 Å². The molecular weight excluding hydrogens is 152 g/mol. The second-order valence-corrected chi connectivity index (χ2v) is 3.32. The van der Waals surface area contributed by atoms with Crippen molar-refractivity contribution >= 4 is 0 Å². The molecule has 1 saturated heterocycles. The maximum absolute atomic E-state index is 5.19. The van der Waals surface area contributed by atoms with Gasteiger partial charge in [-0.3, -0.25) is 0 Å². The van der Waals surface area contributed by atoms with Crippen LogP contribution >= 0.6 is 0 Å². The minimum Gasteiger partial charge on any atom is -0.449 e. The van der Waals surface area contributed by atoms with Crippen LogP contribution in [0.3, 0.4) is 0 Å². The summed E-state index contributed by atoms with van der Waals surface area (Å²) in [4.78, 5) is 4.34. The van der Waals surface area contributed by atoms with Gasteiger partial charge in [0.25, 0.3) is 0 Å². The minimum atomic E-state index is 0.615. The molecule has 0 spiro atoms. The molecule has 3 heteroatoms. The molecule has 1 N–H and O–H groups in total. The predicted octanol–water partition coefficient (Wildman–Crippen LogP) is 1.45. The normalized spacial score (nSPS) is 19.8. The fourth-order valence-corrected chi connectivity index (χ4v) is 1.69. The Hall–Kier alpha value is -0.830. The second kappa shape index (κ2) is 3.27. The zero-order valence-electron chi connectivity index (χ0n) is 7.34. The molecule has 0 aliphatic carbocycles. The fraction of sp³-hybridized carbons (Fsp3) is 0.667. The van der Waals surface area contributed by atoms with E-state index in [4.69, 9.17) is 4.42 Å². The minimum absolute atomic E-state index is 0.615. The smallest absolute Gasteiger partial charge is 0.191 e. The van der Waals surface area contributed by atoms with Gasteiger partial charge < -0.3 is 9.73 Å². The van der Waals surface area contributed by atoms with E-state index < -0.39 is 0 Å². The second-order valence-electron chi connectivity index (χ2n) is 3.32. The Morgan fingerprint density at radius 1 is 1.50 bits per heavy atom. The van der Waals surface area contributed by atoms with E-state index >= 15 is 0 Å². The molecule has 66 valence electrons. The summed E-state index contributed by atoms with van der Waals surface area (Å²) in [6.07, 6.45) is 4.17. The highest BCUT2D eigenvalue weighted by atomic mass is 16.3. The molecule has 0 aromatic carbocycles. The summed E-state index contributed by atoms with van der Waals surface area (Å²) in [6.45, 7) is 4.11. The molecule has 1 fully saturated rings. The quantitative estimate of drug-likeness (QED) is 0.686. The van der Waals surface area contributed by atoms with E-state index in [2.05, 4.69) is 10.3 Å². The van der Waals surface area contributed by atoms with E-state index in [9.17, 15) is 0 Å². The van der Waals surface area contributed by atoms with E-state index in [1.54, 1.807) is 6.26 Å². The molecule has 1 aliphatic heterocycles. The van der Waals surface area contributed by atoms with Crippen molar-refractivity contribution in [3.8, 4) is 0 Å². The van der Waals surface area contributed by atoms with Gasteiger partial charge in [-0.15, -0.1) is 0 Å². The SMILES string of the molecule is Cc1nc(C2CCNCC2)co1. The third-order valence-corrected chi connectivity index (χ3v) is 2.39. The van der Waals surface area contributed by atoms with Crippen LogP contribution in [-0.4, -0.2) is 18.1 Å². The summed E-state index contributed by atoms with van der Waals surface area (Å²) >= 11 is 0. The van der Waals surface area contributed by atoms with Crippen molar-refractivity contribution in [2.24, 2.45) is 0 Å². The van der Waals surface area contributed by atoms with Crippen LogP contribution < -0.4 is 5.32 Å². The molecule has 2 rings (SSSR count). The number of hydrogen-bond donors (Lipinski definition) is 1. The lowest BCUT2D eigenvalue weighted by Crippen LogP contribution is -2.26. The van der Waals surface area contributed by atoms with Gasteiger partial charge in [0.05, 0.1) is 5.69 Å². The Morgan fingerprint density at radius 2 is 2.25 bits per heavy atom. The predicted molar refractivity (Wildman–Crippen MR) is 46.1 cm³/mol. The van der Waals surface area contributed by atoms with Gasteiger partial charge in [-0.2, -0.15) is 0 Å². The zero-order valence-corrected chi connectivity index (χ0v) is 7.34. The third-order valence-electron chi connectivity index (χ3n) is 2.39. The fourth-order valence-electron chi connectivity index (χ4n) is 1.69. The summed E-state index contributed by atoms with van der Waals surface area (Å²) in [5.74, 6) is 1.40. The Morgan fingerprint density at radius 3 is 2.83 bits per heavy atom. The first-order chi connectivity index (χ1) is 5.86. The highest BCUT2D eigenvalue weighted by Crippen LogP contribution is 2.23. The summed E-state index contributed by atoms with van der Waals surface area (Å²) in [6, 6.07) is 0. The molecule has 0 amide bonds. The topological polar surface area (TPSA) is 38.1 Å². The number of nitrogens with zero attached hydrogens (tertiary/aromatic N) is 1. The van der Waals surface area contributed by atoms with Crippen LogP contribution in [0.15, 0.2) is 10.7 Å². The van der Waals surface area contributed by atoms with Crippen LogP contribution in [0.5, 0.6) is 0 Å². The standard InChI is InChI=1S/C9H14N2O/c1-7-11-9(6-12-7)8-2-4-10-5-3-8/h6,8,10H,2-5H2,1H3. The monoisotopic (exact) mass is 166 g/mol. The molecular formula is C9H14N2O. The van der Waals surface area contributed by atoms with Gasteiger partial charge in [0.2, 0.25) is 0 Å². The first-order valence-electron chi connectivity index (χ1n) is 4.49. The van der Waals surface area contributed by atoms with Crippen LogP contribution in [0.4, 0.5) is 0 Å². The Kier molecular flexibility index (Phi) is 2.13. The van der Waals surface area contributed by atoms with Crippen LogP contribution in [-0.2, 0) is 0 Å². The lowest BCUT2D eigenvalue weighted by molar-refractivity contribution is 0.451. The molecule has 0 radical (unpaired) electrons. The molecule has 0 unspecified atom stereocenters. The number of aromatic nitrogens is 1. The van der Waals surface area contributed by atoms with Gasteiger partial charge in [-0.1, -0.05) is 0 Å². The first-order valence-corrected chi connectivity index (χ1v) is 4.49. The van der Waals surface area contributed by atoms with Crippen molar-refractivity contribution in [3.05, 3.63) is 17.8 Å². The molecule has 1 aromatic rings. The van der Waals surface area contributed by atoms with Gasteiger partial charge in [-0.25, -0.2) is 4.98 Å². The van der Waals surface area contributed by atoms with E-state index in [1.165, 1.54) is 12.8 Å². The van der Waals surface area contributed by atoms with Crippen molar-refractivity contribution in [1.29, 1.82) is 0 Å². The number of aryl methyl sites for hydroxylation is 1. The Labute approximate surface area is 72.2 Å². The largest absolute Gasteiger partial charge is 0.449 e. The average molecular weight is 166 g/mol. The number of rotatable bonds is 1. The van der Waals surface area contributed by atoms with Crippen molar-refractivity contribution in [2.45, 2.75) is 25.7 Å². The molecule has 0 bridgehead atoms. The maximum atomic E-state index is 5.19. The Bertz CT molecular complexity index is 251. The van der Waals surface area contributed by atoms with Crippen molar-refractivity contribution in [1.82, 2.24) is 10.3 Å². The lowest BCUT2D eigenvalue weighted by Gasteiger charge is -2.19. The number of hydrogen-bond acceptors (Lipinski definition) is 3. The molecule has 0 atom stereocenters. The summed E-state index contributed by atoms with van der Waals surface area (Å²) in [7, 11) is 0. The zero-order chi connectivity index (χ0) is 8.39. The van der Waals surface area contributed by atoms with Crippen molar-refractivity contribution < 1.29 is 4.42 Å². The number of piperidine rings is 1. The van der Waals surface area contributed by atoms with Crippen LogP contribution in [0, 0.1) is 6.92 Å². The van der Waals surface area contributed by atoms with Crippen molar-refractivity contribution in [2.75, 3.05) is 13.1 Å². The number of oxazole rings is 1. The summed E-state index contributed by atoms with van der Waals surface area (Å²) in [5, 5.41) is 3.33. The molecule has 2 heterocycles. The molecule has 3 nitrogen and oxygen atoms in total. The lowest BCUT2D eigenvalue weighted by atomic mass is 9.95. The van der Waals surface area contributed by atoms with E-state index in [0.717, 1.165) is 24.7 Å². The number of nitrogens with one attached hydrogen (secondary N) is 1. The highest BCUT2D eigenvalue weighted by molar-refractivity contribution is 5.05. The molecule has 1 aliphatic rings. The third kappa shape index (κ3) is 1.50. The maximum Gasteiger partial charge on any atom is 0.191 e. The van der Waals surface area contributed by atoms with E-state index in [1.807, 2.05) is 6.92 Å². The van der Waals surface area contributed by atoms with Crippen LogP contribution in [0.25, 0.3) is 0 Å². The summed E-state index contributed by atoms with van der Waals surface area (Å²) in [5.41, 5.74) is 1.13. The van der Waals surface area contributed by atoms with Gasteiger partial charge >= 0.3 is 0 Å². The van der Waals surface area contributed by atoms with Gasteiger partial charge in [0.1, 0.15) is 6.26 Å².